The van der Waals surface area contributed by atoms with Crippen LogP contribution in [0.15, 0.2) is 45.5 Å². The average Bonchev–Trinajstić information content (AvgIpc) is 3.72. The fourth-order valence-corrected chi connectivity index (χ4v) is 11.7. The van der Waals surface area contributed by atoms with Gasteiger partial charge in [-0.1, -0.05) is 44.5 Å². The fraction of sp³-hybridized carbons (Fsp3) is 0.659. The number of hydrogen-bond donors (Lipinski definition) is 2. The number of aliphatic hydroxyl groups excluding tert-OH is 2. The van der Waals surface area contributed by atoms with Crippen molar-refractivity contribution >= 4 is 11.9 Å². The molecule has 0 spiro atoms. The van der Waals surface area contributed by atoms with E-state index in [1.54, 1.807) is 18.2 Å². The number of nitrogens with zero attached hydrogens (tertiary/aromatic N) is 1. The molecule has 0 saturated heterocycles. The lowest BCUT2D eigenvalue weighted by Gasteiger charge is -2.69. The van der Waals surface area contributed by atoms with E-state index >= 15 is 0 Å². The SMILES string of the molecule is COc1cc(-c2cc(COC(=O)/C(CCC=C(C)C)=C3\[C@@H](OC(C)=O)C[C@@]4(C)[C@H]3C[C@@H](O)[C@H]3[C@@]5(C)CC[C@@H](O)[C@@H](C)[C@@H]5CC[C@@]34C)on2)cc(OC)c1OC. The predicted octanol–water partition coefficient (Wildman–Crippen LogP) is 8.01. The number of hydrogen-bond acceptors (Lipinski definition) is 11. The van der Waals surface area contributed by atoms with Crippen molar-refractivity contribution in [2.24, 2.45) is 39.9 Å². The zero-order valence-corrected chi connectivity index (χ0v) is 34.3. The van der Waals surface area contributed by atoms with E-state index in [1.165, 1.54) is 28.3 Å². The van der Waals surface area contributed by atoms with Gasteiger partial charge in [0.15, 0.2) is 23.9 Å². The van der Waals surface area contributed by atoms with Crippen molar-refractivity contribution in [1.29, 1.82) is 0 Å². The Morgan fingerprint density at radius 1 is 0.945 bits per heavy atom. The smallest absolute Gasteiger partial charge is 0.334 e. The van der Waals surface area contributed by atoms with Gasteiger partial charge in [-0.25, -0.2) is 4.79 Å². The van der Waals surface area contributed by atoms with Crippen LogP contribution in [0.4, 0.5) is 0 Å². The minimum Gasteiger partial charge on any atom is -0.493 e. The van der Waals surface area contributed by atoms with Gasteiger partial charge in [0.2, 0.25) is 5.75 Å². The van der Waals surface area contributed by atoms with Crippen LogP contribution < -0.4 is 14.2 Å². The van der Waals surface area contributed by atoms with Gasteiger partial charge in [0.25, 0.3) is 0 Å². The van der Waals surface area contributed by atoms with Gasteiger partial charge in [0.05, 0.1) is 33.5 Å². The summed E-state index contributed by atoms with van der Waals surface area (Å²) >= 11 is 0. The Hall–Kier alpha value is -3.83. The molecule has 1 heterocycles. The number of allylic oxidation sites excluding steroid dienone is 2. The summed E-state index contributed by atoms with van der Waals surface area (Å²) in [7, 11) is 4.62. The Kier molecular flexibility index (Phi) is 11.6. The molecule has 2 N–H and O–H groups in total. The van der Waals surface area contributed by atoms with E-state index in [1.807, 2.05) is 13.8 Å². The van der Waals surface area contributed by atoms with Crippen molar-refractivity contribution in [2.45, 2.75) is 125 Å². The molecule has 2 aromatic rings. The molecular weight excluding hydrogens is 702 g/mol. The lowest BCUT2D eigenvalue weighted by atomic mass is 9.36. The van der Waals surface area contributed by atoms with E-state index in [9.17, 15) is 19.8 Å². The van der Waals surface area contributed by atoms with E-state index in [0.29, 0.717) is 71.4 Å². The summed E-state index contributed by atoms with van der Waals surface area (Å²) < 4.78 is 34.3. The highest BCUT2D eigenvalue weighted by Crippen LogP contribution is 2.74. The molecule has 0 amide bonds. The molecule has 6 rings (SSSR count). The summed E-state index contributed by atoms with van der Waals surface area (Å²) in [4.78, 5) is 27.2. The van der Waals surface area contributed by atoms with Crippen LogP contribution >= 0.6 is 0 Å². The van der Waals surface area contributed by atoms with Crippen LogP contribution in [0.1, 0.15) is 106 Å². The highest BCUT2D eigenvalue weighted by molar-refractivity contribution is 5.90. The van der Waals surface area contributed by atoms with Gasteiger partial charge >= 0.3 is 11.9 Å². The topological polar surface area (TPSA) is 147 Å². The van der Waals surface area contributed by atoms with Crippen molar-refractivity contribution in [3.05, 3.63) is 46.8 Å². The number of methoxy groups -OCH3 is 3. The molecule has 1 aromatic heterocycles. The minimum absolute atomic E-state index is 0.000333. The number of carbonyl (C=O) groups excluding carboxylic acids is 2. The van der Waals surface area contributed by atoms with Gasteiger partial charge in [0.1, 0.15) is 11.8 Å². The maximum absolute atomic E-state index is 14.4. The summed E-state index contributed by atoms with van der Waals surface area (Å²) in [5, 5.41) is 27.4. The van der Waals surface area contributed by atoms with Crippen molar-refractivity contribution in [3.8, 4) is 28.5 Å². The second-order valence-electron chi connectivity index (χ2n) is 17.5. The molecule has 0 radical (unpaired) electrons. The number of aromatic nitrogens is 1. The fourth-order valence-electron chi connectivity index (χ4n) is 11.7. The molecule has 11 heteroatoms. The lowest BCUT2D eigenvalue weighted by Crippen LogP contribution is -2.65. The highest BCUT2D eigenvalue weighted by atomic mass is 16.6. The van der Waals surface area contributed by atoms with Crippen molar-refractivity contribution < 1.29 is 48.0 Å². The Morgan fingerprint density at radius 2 is 1.64 bits per heavy atom. The predicted molar refractivity (Wildman–Crippen MR) is 206 cm³/mol. The van der Waals surface area contributed by atoms with E-state index in [-0.39, 0.29) is 46.7 Å². The quantitative estimate of drug-likeness (QED) is 0.130. The van der Waals surface area contributed by atoms with Gasteiger partial charge in [-0.15, -0.1) is 0 Å². The van der Waals surface area contributed by atoms with Crippen LogP contribution in [-0.4, -0.2) is 66.9 Å². The molecule has 4 aliphatic rings. The third-order valence-corrected chi connectivity index (χ3v) is 14.4. The third kappa shape index (κ3) is 7.09. The first-order valence-corrected chi connectivity index (χ1v) is 19.9. The van der Waals surface area contributed by atoms with Gasteiger partial charge in [-0.3, -0.25) is 4.79 Å². The van der Waals surface area contributed by atoms with E-state index in [2.05, 4.69) is 38.9 Å². The second-order valence-corrected chi connectivity index (χ2v) is 17.5. The summed E-state index contributed by atoms with van der Waals surface area (Å²) in [6, 6.07) is 5.24. The summed E-state index contributed by atoms with van der Waals surface area (Å²) in [6.45, 7) is 14.4. The molecule has 1 aromatic carbocycles. The second kappa shape index (κ2) is 15.6. The molecule has 55 heavy (non-hydrogen) atoms. The van der Waals surface area contributed by atoms with Crippen LogP contribution in [0.5, 0.6) is 17.2 Å². The van der Waals surface area contributed by atoms with Crippen LogP contribution in [0.2, 0.25) is 0 Å². The average molecular weight is 764 g/mol. The molecular formula is C44H61NO10. The monoisotopic (exact) mass is 763 g/mol. The maximum Gasteiger partial charge on any atom is 0.334 e. The summed E-state index contributed by atoms with van der Waals surface area (Å²) in [5.74, 6) is 1.09. The highest BCUT2D eigenvalue weighted by Gasteiger charge is 2.70. The third-order valence-electron chi connectivity index (χ3n) is 14.4. The molecule has 0 unspecified atom stereocenters. The Bertz CT molecular complexity index is 1800. The number of ether oxygens (including phenoxy) is 5. The number of carbonyl (C=O) groups is 2. The van der Waals surface area contributed by atoms with Crippen molar-refractivity contribution in [1.82, 2.24) is 5.16 Å². The first-order chi connectivity index (χ1) is 26.0. The van der Waals surface area contributed by atoms with Gasteiger partial charge in [-0.2, -0.15) is 0 Å². The molecule has 0 bridgehead atoms. The molecule has 4 fully saturated rings. The number of fused-ring (bicyclic) bond motifs is 5. The van der Waals surface area contributed by atoms with Crippen LogP contribution in [0.3, 0.4) is 0 Å². The zero-order valence-electron chi connectivity index (χ0n) is 34.3. The summed E-state index contributed by atoms with van der Waals surface area (Å²) in [5.41, 5.74) is 2.74. The van der Waals surface area contributed by atoms with Crippen LogP contribution in [-0.2, 0) is 25.7 Å². The van der Waals surface area contributed by atoms with Crippen LogP contribution in [0, 0.1) is 39.9 Å². The Balaban J connectivity index is 1.35. The number of aliphatic hydroxyl groups is 2. The van der Waals surface area contributed by atoms with E-state index in [4.69, 9.17) is 28.2 Å². The van der Waals surface area contributed by atoms with Gasteiger partial charge in [-0.05, 0) is 123 Å². The van der Waals surface area contributed by atoms with Crippen LogP contribution in [0.25, 0.3) is 11.3 Å². The maximum atomic E-state index is 14.4. The zero-order chi connectivity index (χ0) is 40.0. The largest absolute Gasteiger partial charge is 0.493 e. The molecule has 10 atom stereocenters. The normalized spacial score (nSPS) is 34.7. The molecule has 0 aliphatic heterocycles. The molecule has 11 nitrogen and oxygen atoms in total. The van der Waals surface area contributed by atoms with Gasteiger partial charge in [0, 0.05) is 24.1 Å². The standard InChI is InChI=1S/C44H61NO10/c1-24(2)12-11-13-29(41(49)53-23-28-20-32(45-55-28)27-18-35(50-8)39(52-10)36(19-27)51-9)38-31-21-34(48)40-42(5)16-15-33(47)25(3)30(42)14-17-43(40,6)44(31,7)22-37(38)54-26(4)46/h12,18-20,25,30-31,33-34,37,40,47-48H,11,13-17,21-23H2,1-10H3/b38-29-/t25-,30-,31-,33+,34+,37-,40-,42-,43-,44-/m0/s1. The van der Waals surface area contributed by atoms with E-state index < -0.39 is 24.1 Å². The summed E-state index contributed by atoms with van der Waals surface area (Å²) in [6.07, 6.45) is 5.96. The first-order valence-electron chi connectivity index (χ1n) is 19.9. The van der Waals surface area contributed by atoms with E-state index in [0.717, 1.165) is 36.8 Å². The number of esters is 2. The first kappa shape index (κ1) is 40.8. The molecule has 4 saturated carbocycles. The van der Waals surface area contributed by atoms with Gasteiger partial charge < -0.3 is 38.4 Å². The lowest BCUT2D eigenvalue weighted by molar-refractivity contribution is -0.234. The Morgan fingerprint density at radius 3 is 2.25 bits per heavy atom. The molecule has 4 aliphatic carbocycles. The Labute approximate surface area is 325 Å². The van der Waals surface area contributed by atoms with Crippen molar-refractivity contribution in [2.75, 3.05) is 21.3 Å². The number of benzene rings is 1. The number of rotatable bonds is 11. The minimum atomic E-state index is -0.626. The molecule has 302 valence electrons. The van der Waals surface area contributed by atoms with Crippen molar-refractivity contribution in [3.63, 3.8) is 0 Å².